The van der Waals surface area contributed by atoms with Crippen molar-refractivity contribution in [3.63, 3.8) is 0 Å². The molecule has 0 saturated heterocycles. The van der Waals surface area contributed by atoms with Crippen LogP contribution in [0.25, 0.3) is 0 Å². The number of amides is 2. The third kappa shape index (κ3) is 2.91. The molecule has 0 fully saturated rings. The predicted octanol–water partition coefficient (Wildman–Crippen LogP) is 0.488. The van der Waals surface area contributed by atoms with Crippen LogP contribution < -0.4 is 15.6 Å². The second-order valence-electron chi connectivity index (χ2n) is 4.92. The topological polar surface area (TPSA) is 86.2 Å². The maximum Gasteiger partial charge on any atom is 0.257 e. The highest BCUT2D eigenvalue weighted by molar-refractivity contribution is 6.12. The van der Waals surface area contributed by atoms with Crippen molar-refractivity contribution in [1.82, 2.24) is 10.6 Å². The van der Waals surface area contributed by atoms with Gasteiger partial charge in [-0.05, 0) is 31.2 Å². The van der Waals surface area contributed by atoms with Crippen molar-refractivity contribution in [3.05, 3.63) is 29.8 Å². The van der Waals surface area contributed by atoms with Crippen molar-refractivity contribution in [2.24, 2.45) is 10.1 Å². The van der Waals surface area contributed by atoms with Gasteiger partial charge in [0.15, 0.2) is 0 Å². The van der Waals surface area contributed by atoms with Crippen LogP contribution in [0.5, 0.6) is 0 Å². The van der Waals surface area contributed by atoms with E-state index >= 15 is 0 Å². The number of nitrogens with zero attached hydrogens (tertiary/aromatic N) is 3. The lowest BCUT2D eigenvalue weighted by molar-refractivity contribution is -0.117. The molecule has 0 saturated carbocycles. The van der Waals surface area contributed by atoms with E-state index < -0.39 is 0 Å². The zero-order chi connectivity index (χ0) is 14.8. The number of carbonyl (C=O) groups excluding carboxylic acids is 2. The fraction of sp³-hybridized carbons (Fsp3) is 0.286. The van der Waals surface area contributed by atoms with E-state index in [0.29, 0.717) is 5.56 Å². The first kappa shape index (κ1) is 13.3. The zero-order valence-electron chi connectivity index (χ0n) is 11.6. The molecular weight excluding hydrogens is 270 g/mol. The number of guanidine groups is 1. The van der Waals surface area contributed by atoms with Crippen LogP contribution in [0.1, 0.15) is 23.7 Å². The number of rotatable bonds is 2. The summed E-state index contributed by atoms with van der Waals surface area (Å²) in [6.45, 7) is 2.92. The van der Waals surface area contributed by atoms with Gasteiger partial charge in [0.2, 0.25) is 11.9 Å². The minimum Gasteiger partial charge on any atom is -0.295 e. The molecule has 0 atom stereocenters. The lowest BCUT2D eigenvalue weighted by Crippen LogP contribution is -2.39. The number of hydrogen-bond acceptors (Lipinski definition) is 5. The average Bonchev–Trinajstić information content (AvgIpc) is 3.08. The van der Waals surface area contributed by atoms with Gasteiger partial charge in [-0.1, -0.05) is 0 Å². The second-order valence-corrected chi connectivity index (χ2v) is 4.92. The molecule has 21 heavy (non-hydrogen) atoms. The molecule has 0 bridgehead atoms. The number of hydrazone groups is 1. The van der Waals surface area contributed by atoms with E-state index in [9.17, 15) is 9.59 Å². The van der Waals surface area contributed by atoms with Gasteiger partial charge in [-0.25, -0.2) is 4.99 Å². The van der Waals surface area contributed by atoms with Gasteiger partial charge in [0, 0.05) is 24.2 Å². The minimum atomic E-state index is -0.302. The van der Waals surface area contributed by atoms with Gasteiger partial charge < -0.3 is 0 Å². The summed E-state index contributed by atoms with van der Waals surface area (Å²) >= 11 is 0. The lowest BCUT2D eigenvalue weighted by atomic mass is 10.2. The smallest absolute Gasteiger partial charge is 0.257 e. The molecule has 7 heteroatoms. The fourth-order valence-corrected chi connectivity index (χ4v) is 2.16. The molecule has 7 nitrogen and oxygen atoms in total. The summed E-state index contributed by atoms with van der Waals surface area (Å²) in [6.07, 6.45) is 0.960. The highest BCUT2D eigenvalue weighted by Gasteiger charge is 2.17. The van der Waals surface area contributed by atoms with E-state index in [-0.39, 0.29) is 24.3 Å². The van der Waals surface area contributed by atoms with E-state index in [4.69, 9.17) is 0 Å². The third-order valence-electron chi connectivity index (χ3n) is 3.27. The quantitative estimate of drug-likeness (QED) is 0.829. The Kier molecular flexibility index (Phi) is 3.39. The first-order valence-electron chi connectivity index (χ1n) is 6.69. The Morgan fingerprint density at radius 1 is 1.33 bits per heavy atom. The van der Waals surface area contributed by atoms with Crippen molar-refractivity contribution in [1.29, 1.82) is 0 Å². The SMILES string of the molecule is CC1=NN(c2ccc(C(=O)NC3=NCC(=O)N3)cc2)CC1. The highest BCUT2D eigenvalue weighted by atomic mass is 16.2. The van der Waals surface area contributed by atoms with Gasteiger partial charge in [0.05, 0.1) is 5.69 Å². The van der Waals surface area contributed by atoms with E-state index in [1.54, 1.807) is 12.1 Å². The lowest BCUT2D eigenvalue weighted by Gasteiger charge is -2.13. The van der Waals surface area contributed by atoms with Gasteiger partial charge in [-0.2, -0.15) is 5.10 Å². The van der Waals surface area contributed by atoms with Crippen LogP contribution in [0, 0.1) is 0 Å². The molecule has 2 heterocycles. The third-order valence-corrected chi connectivity index (χ3v) is 3.27. The first-order valence-corrected chi connectivity index (χ1v) is 6.69. The van der Waals surface area contributed by atoms with Crippen molar-refractivity contribution in [2.45, 2.75) is 13.3 Å². The summed E-state index contributed by atoms with van der Waals surface area (Å²) < 4.78 is 0. The average molecular weight is 285 g/mol. The van der Waals surface area contributed by atoms with E-state index in [2.05, 4.69) is 20.7 Å². The molecule has 2 aliphatic heterocycles. The monoisotopic (exact) mass is 285 g/mol. The Morgan fingerprint density at radius 2 is 2.10 bits per heavy atom. The van der Waals surface area contributed by atoms with Gasteiger partial charge in [-0.3, -0.25) is 25.2 Å². The number of anilines is 1. The van der Waals surface area contributed by atoms with Gasteiger partial charge in [0.1, 0.15) is 6.54 Å². The Bertz CT molecular complexity index is 648. The van der Waals surface area contributed by atoms with Gasteiger partial charge in [-0.15, -0.1) is 0 Å². The molecule has 2 amide bonds. The largest absolute Gasteiger partial charge is 0.295 e. The fourth-order valence-electron chi connectivity index (χ4n) is 2.16. The second kappa shape index (κ2) is 5.35. The van der Waals surface area contributed by atoms with Crippen LogP contribution in [0.4, 0.5) is 5.69 Å². The van der Waals surface area contributed by atoms with Crippen LogP contribution in [0.2, 0.25) is 0 Å². The molecule has 0 aliphatic carbocycles. The Morgan fingerprint density at radius 3 is 2.67 bits per heavy atom. The van der Waals surface area contributed by atoms with Crippen molar-refractivity contribution in [2.75, 3.05) is 18.1 Å². The molecule has 0 spiro atoms. The standard InChI is InChI=1S/C14H15N5O2/c1-9-6-7-19(18-9)11-4-2-10(3-5-11)13(21)17-14-15-8-12(20)16-14/h2-5H,6-8H2,1H3,(H2,15,16,17,20,21). The van der Waals surface area contributed by atoms with Crippen molar-refractivity contribution in [3.8, 4) is 0 Å². The Labute approximate surface area is 121 Å². The zero-order valence-corrected chi connectivity index (χ0v) is 11.6. The van der Waals surface area contributed by atoms with Crippen LogP contribution in [-0.2, 0) is 4.79 Å². The number of nitrogens with one attached hydrogen (secondary N) is 2. The van der Waals surface area contributed by atoms with Crippen molar-refractivity contribution < 1.29 is 9.59 Å². The summed E-state index contributed by atoms with van der Waals surface area (Å²) in [4.78, 5) is 26.9. The minimum absolute atomic E-state index is 0.0564. The van der Waals surface area contributed by atoms with Crippen LogP contribution in [0.3, 0.4) is 0 Å². The van der Waals surface area contributed by atoms with E-state index in [1.807, 2.05) is 24.1 Å². The first-order chi connectivity index (χ1) is 10.1. The summed E-state index contributed by atoms with van der Waals surface area (Å²) in [5, 5.41) is 11.4. The molecule has 2 N–H and O–H groups in total. The highest BCUT2D eigenvalue weighted by Crippen LogP contribution is 2.19. The predicted molar refractivity (Wildman–Crippen MR) is 79.4 cm³/mol. The Hall–Kier alpha value is -2.70. The summed E-state index contributed by atoms with van der Waals surface area (Å²) in [5.41, 5.74) is 2.56. The van der Waals surface area contributed by atoms with Crippen LogP contribution in [-0.4, -0.2) is 36.6 Å². The summed E-state index contributed by atoms with van der Waals surface area (Å²) in [5.74, 6) is -0.319. The summed E-state index contributed by atoms with van der Waals surface area (Å²) in [7, 11) is 0. The van der Waals surface area contributed by atoms with Crippen LogP contribution in [0.15, 0.2) is 34.4 Å². The number of hydrogen-bond donors (Lipinski definition) is 2. The van der Waals surface area contributed by atoms with E-state index in [1.165, 1.54) is 0 Å². The summed E-state index contributed by atoms with van der Waals surface area (Å²) in [6, 6.07) is 7.16. The normalized spacial score (nSPS) is 17.4. The molecule has 3 rings (SSSR count). The Balaban J connectivity index is 1.66. The molecule has 108 valence electrons. The molecule has 1 aromatic rings. The molecule has 0 radical (unpaired) electrons. The van der Waals surface area contributed by atoms with E-state index in [0.717, 1.165) is 24.4 Å². The van der Waals surface area contributed by atoms with Crippen molar-refractivity contribution >= 4 is 29.2 Å². The maximum atomic E-state index is 12.0. The molecule has 0 aromatic heterocycles. The molecule has 0 unspecified atom stereocenters. The number of carbonyl (C=O) groups is 2. The van der Waals surface area contributed by atoms with Gasteiger partial charge in [0.25, 0.3) is 5.91 Å². The number of benzene rings is 1. The maximum absolute atomic E-state index is 12.0. The number of aliphatic imine (C=N–C) groups is 1. The van der Waals surface area contributed by atoms with Gasteiger partial charge >= 0.3 is 0 Å². The van der Waals surface area contributed by atoms with Crippen LogP contribution >= 0.6 is 0 Å². The molecular formula is C14H15N5O2. The molecule has 1 aromatic carbocycles. The molecule has 2 aliphatic rings.